The Kier molecular flexibility index (Phi) is 6.46. The van der Waals surface area contributed by atoms with Gasteiger partial charge in [0.15, 0.2) is 0 Å². The first kappa shape index (κ1) is 21.1. The summed E-state index contributed by atoms with van der Waals surface area (Å²) in [5.41, 5.74) is 2.39. The van der Waals surface area contributed by atoms with Crippen LogP contribution in [0.15, 0.2) is 83.4 Å². The van der Waals surface area contributed by atoms with Crippen molar-refractivity contribution >= 4 is 5.91 Å². The van der Waals surface area contributed by atoms with E-state index in [-0.39, 0.29) is 12.5 Å². The number of carbonyl (C=O) groups is 1. The molecule has 0 aliphatic carbocycles. The third-order valence-electron chi connectivity index (χ3n) is 4.86. The van der Waals surface area contributed by atoms with Crippen molar-refractivity contribution in [3.05, 3.63) is 95.9 Å². The molecule has 0 bridgehead atoms. The monoisotopic (exact) mass is 429 g/mol. The summed E-state index contributed by atoms with van der Waals surface area (Å²) >= 11 is 0. The molecule has 0 fully saturated rings. The average Bonchev–Trinajstić information content (AvgIpc) is 3.31. The quantitative estimate of drug-likeness (QED) is 0.407. The molecule has 0 saturated heterocycles. The van der Waals surface area contributed by atoms with Crippen LogP contribution < -0.4 is 9.47 Å². The van der Waals surface area contributed by atoms with Gasteiger partial charge in [0.2, 0.25) is 11.7 Å². The van der Waals surface area contributed by atoms with Crippen molar-refractivity contribution in [3.8, 4) is 22.9 Å². The highest BCUT2D eigenvalue weighted by Crippen LogP contribution is 2.21. The Bertz CT molecular complexity index is 1170. The summed E-state index contributed by atoms with van der Waals surface area (Å²) in [4.78, 5) is 18.8. The zero-order chi connectivity index (χ0) is 22.3. The van der Waals surface area contributed by atoms with Crippen LogP contribution >= 0.6 is 0 Å². The van der Waals surface area contributed by atoms with Crippen molar-refractivity contribution in [2.24, 2.45) is 0 Å². The van der Waals surface area contributed by atoms with E-state index in [0.29, 0.717) is 29.6 Å². The number of methoxy groups -OCH3 is 1. The third kappa shape index (κ3) is 5.13. The summed E-state index contributed by atoms with van der Waals surface area (Å²) < 4.78 is 16.3. The fourth-order valence-corrected chi connectivity index (χ4v) is 3.13. The Balaban J connectivity index is 1.39. The molecule has 7 heteroatoms. The smallest absolute Gasteiger partial charge is 0.254 e. The van der Waals surface area contributed by atoms with E-state index in [1.807, 2.05) is 60.7 Å². The van der Waals surface area contributed by atoms with Crippen molar-refractivity contribution in [2.75, 3.05) is 14.2 Å². The maximum absolute atomic E-state index is 12.9. The molecule has 4 aromatic rings. The molecule has 7 nitrogen and oxygen atoms in total. The van der Waals surface area contributed by atoms with Crippen LogP contribution in [0.4, 0.5) is 0 Å². The lowest BCUT2D eigenvalue weighted by Crippen LogP contribution is -2.26. The summed E-state index contributed by atoms with van der Waals surface area (Å²) in [5.74, 6) is 2.02. The molecule has 0 unspecified atom stereocenters. The van der Waals surface area contributed by atoms with E-state index in [4.69, 9.17) is 14.0 Å². The van der Waals surface area contributed by atoms with Gasteiger partial charge < -0.3 is 18.9 Å². The van der Waals surface area contributed by atoms with Gasteiger partial charge >= 0.3 is 0 Å². The third-order valence-corrected chi connectivity index (χ3v) is 4.86. The summed E-state index contributed by atoms with van der Waals surface area (Å²) in [5, 5.41) is 4.01. The molecule has 32 heavy (non-hydrogen) atoms. The number of benzene rings is 3. The number of amides is 1. The van der Waals surface area contributed by atoms with Gasteiger partial charge in [-0.25, -0.2) is 0 Å². The van der Waals surface area contributed by atoms with Crippen LogP contribution in [-0.4, -0.2) is 35.1 Å². The lowest BCUT2D eigenvalue weighted by atomic mass is 10.2. The van der Waals surface area contributed by atoms with Gasteiger partial charge in [-0.05, 0) is 48.0 Å². The SMILES string of the molecule is COc1ccc(-c2noc(CN(C)C(=O)c3cccc(OCc4ccccc4)c3)n2)cc1. The van der Waals surface area contributed by atoms with Crippen LogP contribution in [0.1, 0.15) is 21.8 Å². The fourth-order valence-electron chi connectivity index (χ4n) is 3.13. The van der Waals surface area contributed by atoms with E-state index in [1.165, 1.54) is 4.90 Å². The first-order chi connectivity index (χ1) is 15.6. The van der Waals surface area contributed by atoms with Crippen LogP contribution in [0, 0.1) is 0 Å². The molecule has 0 atom stereocenters. The van der Waals surface area contributed by atoms with Gasteiger partial charge in [-0.3, -0.25) is 4.79 Å². The van der Waals surface area contributed by atoms with Gasteiger partial charge in [-0.1, -0.05) is 41.6 Å². The van der Waals surface area contributed by atoms with Gasteiger partial charge in [0.25, 0.3) is 5.91 Å². The number of rotatable bonds is 8. The lowest BCUT2D eigenvalue weighted by Gasteiger charge is -2.15. The van der Waals surface area contributed by atoms with Crippen molar-refractivity contribution in [3.63, 3.8) is 0 Å². The highest BCUT2D eigenvalue weighted by molar-refractivity contribution is 5.94. The standard InChI is InChI=1S/C25H23N3O4/c1-28(16-23-26-24(27-32-23)19-11-13-21(30-2)14-12-19)25(29)20-9-6-10-22(15-20)31-17-18-7-4-3-5-8-18/h3-15H,16-17H2,1-2H3. The number of hydrogen-bond donors (Lipinski definition) is 0. The number of ether oxygens (including phenoxy) is 2. The molecule has 0 radical (unpaired) electrons. The predicted octanol–water partition coefficient (Wildman–Crippen LogP) is 4.60. The Morgan fingerprint density at radius 3 is 2.50 bits per heavy atom. The largest absolute Gasteiger partial charge is 0.497 e. The summed E-state index contributed by atoms with van der Waals surface area (Å²) in [7, 11) is 3.30. The second kappa shape index (κ2) is 9.78. The molecule has 0 spiro atoms. The molecule has 0 saturated carbocycles. The van der Waals surface area contributed by atoms with E-state index in [0.717, 1.165) is 16.9 Å². The van der Waals surface area contributed by atoms with E-state index in [2.05, 4.69) is 10.1 Å². The maximum atomic E-state index is 12.9. The van der Waals surface area contributed by atoms with Crippen molar-refractivity contribution in [1.82, 2.24) is 15.0 Å². The number of carbonyl (C=O) groups excluding carboxylic acids is 1. The van der Waals surface area contributed by atoms with Crippen molar-refractivity contribution < 1.29 is 18.8 Å². The minimum absolute atomic E-state index is 0.167. The van der Waals surface area contributed by atoms with E-state index in [9.17, 15) is 4.79 Å². The zero-order valence-electron chi connectivity index (χ0n) is 17.9. The topological polar surface area (TPSA) is 77.7 Å². The highest BCUT2D eigenvalue weighted by Gasteiger charge is 2.17. The highest BCUT2D eigenvalue weighted by atomic mass is 16.5. The molecule has 1 heterocycles. The Hall–Kier alpha value is -4.13. The summed E-state index contributed by atoms with van der Waals surface area (Å²) in [6, 6.07) is 24.4. The fraction of sp³-hybridized carbons (Fsp3) is 0.160. The molecule has 1 amide bonds. The molecule has 0 aliphatic rings. The molecule has 1 aromatic heterocycles. The molecule has 3 aromatic carbocycles. The zero-order valence-corrected chi connectivity index (χ0v) is 17.9. The Morgan fingerprint density at radius 1 is 0.969 bits per heavy atom. The molecule has 0 N–H and O–H groups in total. The van der Waals surface area contributed by atoms with Gasteiger partial charge in [0, 0.05) is 18.2 Å². The second-order valence-corrected chi connectivity index (χ2v) is 7.20. The van der Waals surface area contributed by atoms with Gasteiger partial charge in [-0.15, -0.1) is 0 Å². The first-order valence-corrected chi connectivity index (χ1v) is 10.1. The number of aromatic nitrogens is 2. The summed E-state index contributed by atoms with van der Waals surface area (Å²) in [6.45, 7) is 0.627. The van der Waals surface area contributed by atoms with Gasteiger partial charge in [-0.2, -0.15) is 4.98 Å². The van der Waals surface area contributed by atoms with E-state index >= 15 is 0 Å². The van der Waals surface area contributed by atoms with Crippen LogP contribution in [0.2, 0.25) is 0 Å². The molecule has 4 rings (SSSR count). The Morgan fingerprint density at radius 2 is 1.75 bits per heavy atom. The van der Waals surface area contributed by atoms with Crippen LogP contribution in [0.25, 0.3) is 11.4 Å². The lowest BCUT2D eigenvalue weighted by molar-refractivity contribution is 0.0769. The molecule has 162 valence electrons. The van der Waals surface area contributed by atoms with Crippen molar-refractivity contribution in [2.45, 2.75) is 13.2 Å². The predicted molar refractivity (Wildman–Crippen MR) is 119 cm³/mol. The number of nitrogens with zero attached hydrogens (tertiary/aromatic N) is 3. The van der Waals surface area contributed by atoms with Crippen LogP contribution in [0.5, 0.6) is 11.5 Å². The van der Waals surface area contributed by atoms with Gasteiger partial charge in [0.1, 0.15) is 18.1 Å². The number of hydrogen-bond acceptors (Lipinski definition) is 6. The van der Waals surface area contributed by atoms with Crippen LogP contribution in [0.3, 0.4) is 0 Å². The maximum Gasteiger partial charge on any atom is 0.254 e. The minimum atomic E-state index is -0.167. The van der Waals surface area contributed by atoms with Crippen molar-refractivity contribution in [1.29, 1.82) is 0 Å². The summed E-state index contributed by atoms with van der Waals surface area (Å²) in [6.07, 6.45) is 0. The van der Waals surface area contributed by atoms with E-state index in [1.54, 1.807) is 32.4 Å². The molecular weight excluding hydrogens is 406 g/mol. The average molecular weight is 429 g/mol. The van der Waals surface area contributed by atoms with Crippen LogP contribution in [-0.2, 0) is 13.2 Å². The second-order valence-electron chi connectivity index (χ2n) is 7.20. The first-order valence-electron chi connectivity index (χ1n) is 10.1. The minimum Gasteiger partial charge on any atom is -0.497 e. The normalized spacial score (nSPS) is 10.6. The van der Waals surface area contributed by atoms with E-state index < -0.39 is 0 Å². The molecule has 0 aliphatic heterocycles. The molecular formula is C25H23N3O4. The van der Waals surface area contributed by atoms with Gasteiger partial charge in [0.05, 0.1) is 13.7 Å². The Labute approximate surface area is 186 Å².